The van der Waals surface area contributed by atoms with Crippen molar-refractivity contribution in [1.29, 1.82) is 0 Å². The number of nitrogens with one attached hydrogen (secondary N) is 1. The van der Waals surface area contributed by atoms with E-state index in [9.17, 15) is 5.11 Å². The van der Waals surface area contributed by atoms with E-state index < -0.39 is 5.60 Å². The van der Waals surface area contributed by atoms with E-state index in [1.807, 2.05) is 27.1 Å². The summed E-state index contributed by atoms with van der Waals surface area (Å²) in [5.41, 5.74) is 1.46. The Morgan fingerprint density at radius 1 is 1.59 bits per heavy atom. The Morgan fingerprint density at radius 2 is 2.29 bits per heavy atom. The van der Waals surface area contributed by atoms with Crippen LogP contribution in [0.3, 0.4) is 0 Å². The summed E-state index contributed by atoms with van der Waals surface area (Å²) in [7, 11) is 3.55. The van der Waals surface area contributed by atoms with Crippen LogP contribution in [0.5, 0.6) is 0 Å². The second-order valence-electron chi connectivity index (χ2n) is 4.76. The van der Waals surface area contributed by atoms with E-state index in [0.717, 1.165) is 17.8 Å². The van der Waals surface area contributed by atoms with Gasteiger partial charge in [0.2, 0.25) is 0 Å². The minimum Gasteiger partial charge on any atom is -0.389 e. The molecule has 0 aliphatic rings. The van der Waals surface area contributed by atoms with Gasteiger partial charge >= 0.3 is 0 Å². The zero-order valence-corrected chi connectivity index (χ0v) is 11.2. The summed E-state index contributed by atoms with van der Waals surface area (Å²) in [5, 5.41) is 17.6. The molecule has 2 N–H and O–H groups in total. The van der Waals surface area contributed by atoms with Crippen molar-refractivity contribution in [3.63, 3.8) is 0 Å². The van der Waals surface area contributed by atoms with Crippen LogP contribution in [0.15, 0.2) is 6.20 Å². The second kappa shape index (κ2) is 6.14. The second-order valence-corrected chi connectivity index (χ2v) is 4.76. The van der Waals surface area contributed by atoms with Crippen LogP contribution in [0.25, 0.3) is 0 Å². The molecule has 5 heteroatoms. The van der Waals surface area contributed by atoms with E-state index in [4.69, 9.17) is 4.74 Å². The minimum absolute atomic E-state index is 0.546. The highest BCUT2D eigenvalue weighted by atomic mass is 16.5. The molecule has 0 amide bonds. The fourth-order valence-corrected chi connectivity index (χ4v) is 1.70. The number of aliphatic hydroxyl groups is 1. The van der Waals surface area contributed by atoms with Gasteiger partial charge < -0.3 is 15.2 Å². The van der Waals surface area contributed by atoms with Crippen molar-refractivity contribution < 1.29 is 9.84 Å². The predicted octanol–water partition coefficient (Wildman–Crippen LogP) is 0.606. The first kappa shape index (κ1) is 14.2. The number of ether oxygens (including phenoxy) is 1. The van der Waals surface area contributed by atoms with E-state index in [1.54, 1.807) is 11.8 Å². The average molecular weight is 241 g/mol. The molecule has 5 nitrogen and oxygen atoms in total. The molecule has 0 saturated heterocycles. The van der Waals surface area contributed by atoms with Crippen LogP contribution in [0.4, 0.5) is 0 Å². The quantitative estimate of drug-likeness (QED) is 0.734. The molecule has 1 unspecified atom stereocenters. The van der Waals surface area contributed by atoms with Crippen molar-refractivity contribution >= 4 is 0 Å². The van der Waals surface area contributed by atoms with Crippen molar-refractivity contribution in [1.82, 2.24) is 15.1 Å². The summed E-state index contributed by atoms with van der Waals surface area (Å²) in [4.78, 5) is 0. The predicted molar refractivity (Wildman–Crippen MR) is 66.8 cm³/mol. The Bertz CT molecular complexity index is 348. The van der Waals surface area contributed by atoms with Crippen molar-refractivity contribution in [2.45, 2.75) is 32.4 Å². The molecule has 1 aromatic rings. The van der Waals surface area contributed by atoms with E-state index in [2.05, 4.69) is 10.4 Å². The van der Waals surface area contributed by atoms with Crippen molar-refractivity contribution in [2.24, 2.45) is 7.05 Å². The van der Waals surface area contributed by atoms with Gasteiger partial charge in [0.25, 0.3) is 0 Å². The maximum Gasteiger partial charge on any atom is 0.0765 e. The fourth-order valence-electron chi connectivity index (χ4n) is 1.70. The molecule has 0 spiro atoms. The van der Waals surface area contributed by atoms with Gasteiger partial charge in [0.05, 0.1) is 11.3 Å². The minimum atomic E-state index is -0.730. The normalized spacial score (nSPS) is 14.9. The lowest BCUT2D eigenvalue weighted by molar-refractivity contribution is 0.0247. The number of hydrogen-bond donors (Lipinski definition) is 2. The van der Waals surface area contributed by atoms with Gasteiger partial charge in [-0.25, -0.2) is 0 Å². The Hall–Kier alpha value is -0.910. The molecular formula is C12H23N3O2. The molecular weight excluding hydrogens is 218 g/mol. The molecule has 0 aliphatic carbocycles. The number of aryl methyl sites for hydroxylation is 2. The third-order valence-electron chi connectivity index (χ3n) is 2.78. The molecule has 0 radical (unpaired) electrons. The average Bonchev–Trinajstić information content (AvgIpc) is 2.55. The zero-order valence-electron chi connectivity index (χ0n) is 11.2. The number of hydrogen-bond acceptors (Lipinski definition) is 4. The van der Waals surface area contributed by atoms with Crippen LogP contribution < -0.4 is 5.32 Å². The smallest absolute Gasteiger partial charge is 0.0765 e. The topological polar surface area (TPSA) is 59.3 Å². The standard InChI is InChI=1S/C12H23N3O2/c1-10-11(8-15(3)14-10)7-13-9-12(2,16)5-6-17-4/h8,13,16H,5-7,9H2,1-4H3. The van der Waals surface area contributed by atoms with Crippen LogP contribution in [-0.4, -0.2) is 40.7 Å². The van der Waals surface area contributed by atoms with Gasteiger partial charge in [0, 0.05) is 52.0 Å². The first-order chi connectivity index (χ1) is 7.94. The van der Waals surface area contributed by atoms with E-state index in [0.29, 0.717) is 19.6 Å². The molecule has 17 heavy (non-hydrogen) atoms. The van der Waals surface area contributed by atoms with Gasteiger partial charge in [-0.15, -0.1) is 0 Å². The van der Waals surface area contributed by atoms with Crippen LogP contribution >= 0.6 is 0 Å². The molecule has 1 atom stereocenters. The van der Waals surface area contributed by atoms with Crippen molar-refractivity contribution in [3.05, 3.63) is 17.5 Å². The van der Waals surface area contributed by atoms with E-state index in [-0.39, 0.29) is 0 Å². The highest BCUT2D eigenvalue weighted by Gasteiger charge is 2.19. The van der Waals surface area contributed by atoms with E-state index in [1.165, 1.54) is 0 Å². The molecule has 0 aromatic carbocycles. The summed E-state index contributed by atoms with van der Waals surface area (Å²) in [6.45, 7) is 5.64. The van der Waals surface area contributed by atoms with Gasteiger partial charge in [0.1, 0.15) is 0 Å². The van der Waals surface area contributed by atoms with Gasteiger partial charge in [-0.1, -0.05) is 0 Å². The molecule has 1 rings (SSSR count). The van der Waals surface area contributed by atoms with Crippen LogP contribution in [0, 0.1) is 6.92 Å². The van der Waals surface area contributed by atoms with Crippen molar-refractivity contribution in [3.8, 4) is 0 Å². The van der Waals surface area contributed by atoms with Crippen LogP contribution in [0.2, 0.25) is 0 Å². The molecule has 0 aliphatic heterocycles. The third-order valence-corrected chi connectivity index (χ3v) is 2.78. The summed E-state index contributed by atoms with van der Waals surface area (Å²) in [6.07, 6.45) is 2.62. The fraction of sp³-hybridized carbons (Fsp3) is 0.750. The highest BCUT2D eigenvalue weighted by Crippen LogP contribution is 2.09. The maximum atomic E-state index is 10.0. The first-order valence-electron chi connectivity index (χ1n) is 5.86. The monoisotopic (exact) mass is 241 g/mol. The summed E-state index contributed by atoms with van der Waals surface area (Å²) < 4.78 is 6.76. The van der Waals surface area contributed by atoms with Gasteiger partial charge in [-0.2, -0.15) is 5.10 Å². The number of nitrogens with zero attached hydrogens (tertiary/aromatic N) is 2. The number of methoxy groups -OCH3 is 1. The first-order valence-corrected chi connectivity index (χ1v) is 5.86. The lowest BCUT2D eigenvalue weighted by Crippen LogP contribution is -2.38. The molecule has 0 bridgehead atoms. The highest BCUT2D eigenvalue weighted by molar-refractivity contribution is 5.14. The zero-order chi connectivity index (χ0) is 12.9. The SMILES string of the molecule is COCCC(C)(O)CNCc1cn(C)nc1C. The molecule has 1 heterocycles. The number of rotatable bonds is 7. The lowest BCUT2D eigenvalue weighted by atomic mass is 10.0. The van der Waals surface area contributed by atoms with Gasteiger partial charge in [-0.05, 0) is 13.8 Å². The summed E-state index contributed by atoms with van der Waals surface area (Å²) in [6, 6.07) is 0. The Morgan fingerprint density at radius 3 is 2.82 bits per heavy atom. The largest absolute Gasteiger partial charge is 0.389 e. The van der Waals surface area contributed by atoms with Gasteiger partial charge in [-0.3, -0.25) is 4.68 Å². The van der Waals surface area contributed by atoms with Crippen molar-refractivity contribution in [2.75, 3.05) is 20.3 Å². The lowest BCUT2D eigenvalue weighted by Gasteiger charge is -2.23. The Labute approximate surface area is 103 Å². The Balaban J connectivity index is 2.34. The summed E-state index contributed by atoms with van der Waals surface area (Å²) in [5.74, 6) is 0. The van der Waals surface area contributed by atoms with Crippen LogP contribution in [0.1, 0.15) is 24.6 Å². The van der Waals surface area contributed by atoms with Gasteiger partial charge in [0.15, 0.2) is 0 Å². The Kier molecular flexibility index (Phi) is 5.11. The number of aromatic nitrogens is 2. The molecule has 98 valence electrons. The van der Waals surface area contributed by atoms with Crippen LogP contribution in [-0.2, 0) is 18.3 Å². The van der Waals surface area contributed by atoms with E-state index >= 15 is 0 Å². The maximum absolute atomic E-state index is 10.0. The third kappa shape index (κ3) is 4.85. The molecule has 1 aromatic heterocycles. The molecule has 0 saturated carbocycles. The summed E-state index contributed by atoms with van der Waals surface area (Å²) >= 11 is 0. The molecule has 0 fully saturated rings.